The topological polar surface area (TPSA) is 55.8 Å². The highest BCUT2D eigenvalue weighted by Gasteiger charge is 2.70. The third kappa shape index (κ3) is 3.62. The second-order valence-electron chi connectivity index (χ2n) is 15.9. The van der Waals surface area contributed by atoms with Gasteiger partial charge in [0.1, 0.15) is 6.10 Å². The molecule has 5 aliphatic rings. The van der Waals surface area contributed by atoms with Crippen LogP contribution < -0.4 is 0 Å². The molecule has 1 N–H and O–H groups in total. The van der Waals surface area contributed by atoms with E-state index >= 15 is 0 Å². The summed E-state index contributed by atoms with van der Waals surface area (Å²) < 4.78 is 12.6. The predicted octanol–water partition coefficient (Wildman–Crippen LogP) is 7.31. The molecule has 1 heterocycles. The number of esters is 1. The molecule has 4 saturated carbocycles. The first-order chi connectivity index (χ1) is 16.5. The molecule has 0 amide bonds. The predicted molar refractivity (Wildman–Crippen MR) is 143 cm³/mol. The zero-order valence-corrected chi connectivity index (χ0v) is 24.7. The van der Waals surface area contributed by atoms with Crippen molar-refractivity contribution in [3.63, 3.8) is 0 Å². The molecule has 5 rings (SSSR count). The molecule has 0 bridgehead atoms. The van der Waals surface area contributed by atoms with E-state index in [9.17, 15) is 9.90 Å². The highest BCUT2D eigenvalue weighted by atomic mass is 16.5. The molecule has 0 aromatic heterocycles. The minimum absolute atomic E-state index is 0.0211. The van der Waals surface area contributed by atoms with Crippen LogP contribution in [0.2, 0.25) is 0 Å². The Morgan fingerprint density at radius 3 is 2.08 bits per heavy atom. The first-order valence-electron chi connectivity index (χ1n) is 15.1. The Morgan fingerprint density at radius 1 is 0.806 bits per heavy atom. The van der Waals surface area contributed by atoms with Gasteiger partial charge in [-0.15, -0.1) is 0 Å². The molecule has 1 saturated heterocycles. The highest BCUT2D eigenvalue weighted by molar-refractivity contribution is 5.66. The molecule has 0 radical (unpaired) electrons. The van der Waals surface area contributed by atoms with Gasteiger partial charge in [0, 0.05) is 12.3 Å². The van der Waals surface area contributed by atoms with Crippen LogP contribution in [0.5, 0.6) is 0 Å². The second-order valence-corrected chi connectivity index (χ2v) is 15.9. The number of hydrogen-bond acceptors (Lipinski definition) is 4. The molecule has 0 spiro atoms. The van der Waals surface area contributed by atoms with Crippen molar-refractivity contribution in [1.82, 2.24) is 0 Å². The first kappa shape index (κ1) is 27.0. The van der Waals surface area contributed by atoms with Crippen LogP contribution >= 0.6 is 0 Å². The third-order valence-corrected chi connectivity index (χ3v) is 13.5. The number of carbonyl (C=O) groups is 1. The molecule has 0 aromatic carbocycles. The van der Waals surface area contributed by atoms with Gasteiger partial charge in [-0.2, -0.15) is 0 Å². The maximum Gasteiger partial charge on any atom is 0.302 e. The van der Waals surface area contributed by atoms with Gasteiger partial charge in [0.15, 0.2) is 0 Å². The quantitative estimate of drug-likeness (QED) is 0.411. The van der Waals surface area contributed by atoms with Gasteiger partial charge in [-0.05, 0) is 125 Å². The summed E-state index contributed by atoms with van der Waals surface area (Å²) in [6.45, 7) is 20.4. The summed E-state index contributed by atoms with van der Waals surface area (Å²) in [6.07, 6.45) is 11.9. The van der Waals surface area contributed by atoms with Gasteiger partial charge in [-0.25, -0.2) is 0 Å². The number of carbonyl (C=O) groups excluding carboxylic acids is 1. The van der Waals surface area contributed by atoms with Crippen molar-refractivity contribution in [2.45, 2.75) is 150 Å². The molecule has 1 aliphatic heterocycles. The lowest BCUT2D eigenvalue weighted by Gasteiger charge is -2.70. The van der Waals surface area contributed by atoms with Crippen LogP contribution in [0.1, 0.15) is 127 Å². The number of hydrogen-bond donors (Lipinski definition) is 1. The Bertz CT molecular complexity index is 889. The molecular formula is C32H54O4. The Hall–Kier alpha value is -0.610. The number of ether oxygens (including phenoxy) is 2. The molecule has 4 heteroatoms. The van der Waals surface area contributed by atoms with E-state index in [1.165, 1.54) is 44.9 Å². The summed E-state index contributed by atoms with van der Waals surface area (Å²) in [6, 6.07) is 0. The highest BCUT2D eigenvalue weighted by Crippen LogP contribution is 2.76. The van der Waals surface area contributed by atoms with Crippen LogP contribution in [0.15, 0.2) is 0 Å². The monoisotopic (exact) mass is 502 g/mol. The summed E-state index contributed by atoms with van der Waals surface area (Å²) in [4.78, 5) is 11.9. The molecule has 2 unspecified atom stereocenters. The molecule has 206 valence electrons. The van der Waals surface area contributed by atoms with E-state index in [0.29, 0.717) is 34.0 Å². The summed E-state index contributed by atoms with van der Waals surface area (Å²) in [5.74, 6) is 2.49. The summed E-state index contributed by atoms with van der Waals surface area (Å²) >= 11 is 0. The van der Waals surface area contributed by atoms with Crippen LogP contribution in [0.3, 0.4) is 0 Å². The van der Waals surface area contributed by atoms with Crippen LogP contribution in [0.4, 0.5) is 0 Å². The smallest absolute Gasteiger partial charge is 0.302 e. The summed E-state index contributed by atoms with van der Waals surface area (Å²) in [5, 5.41) is 10.7. The van der Waals surface area contributed by atoms with Crippen LogP contribution in [-0.2, 0) is 14.3 Å². The third-order valence-electron chi connectivity index (χ3n) is 13.5. The Balaban J connectivity index is 1.42. The van der Waals surface area contributed by atoms with Crippen molar-refractivity contribution in [3.05, 3.63) is 0 Å². The summed E-state index contributed by atoms with van der Waals surface area (Å²) in [5.41, 5.74) is 0.122. The van der Waals surface area contributed by atoms with E-state index in [1.807, 2.05) is 13.8 Å². The Morgan fingerprint density at radius 2 is 1.47 bits per heavy atom. The van der Waals surface area contributed by atoms with Crippen LogP contribution in [-0.4, -0.2) is 34.5 Å². The van der Waals surface area contributed by atoms with E-state index < -0.39 is 5.60 Å². The van der Waals surface area contributed by atoms with Gasteiger partial charge in [0.05, 0.1) is 17.3 Å². The fourth-order valence-corrected chi connectivity index (χ4v) is 11.5. The Labute approximate surface area is 220 Å². The lowest BCUT2D eigenvalue weighted by atomic mass is 9.35. The number of fused-ring (bicyclic) bond motifs is 5. The van der Waals surface area contributed by atoms with Gasteiger partial charge in [-0.3, -0.25) is 4.79 Å². The van der Waals surface area contributed by atoms with Crippen molar-refractivity contribution >= 4 is 5.97 Å². The molecular weight excluding hydrogens is 448 g/mol. The van der Waals surface area contributed by atoms with Gasteiger partial charge in [0.2, 0.25) is 0 Å². The lowest BCUT2D eigenvalue weighted by Crippen LogP contribution is -2.64. The fourth-order valence-electron chi connectivity index (χ4n) is 11.5. The minimum atomic E-state index is -0.770. The van der Waals surface area contributed by atoms with E-state index in [1.54, 1.807) is 6.92 Å². The maximum atomic E-state index is 11.9. The largest absolute Gasteiger partial charge is 0.462 e. The zero-order chi connectivity index (χ0) is 26.5. The fraction of sp³-hybridized carbons (Fsp3) is 0.969. The zero-order valence-electron chi connectivity index (χ0n) is 24.7. The number of rotatable bonds is 3. The van der Waals surface area contributed by atoms with Crippen LogP contribution in [0, 0.1) is 45.3 Å². The average Bonchev–Trinajstić information content (AvgIpc) is 3.32. The lowest BCUT2D eigenvalue weighted by molar-refractivity contribution is -0.231. The van der Waals surface area contributed by atoms with E-state index in [2.05, 4.69) is 41.5 Å². The average molecular weight is 503 g/mol. The van der Waals surface area contributed by atoms with Gasteiger partial charge in [0.25, 0.3) is 0 Å². The Kier molecular flexibility index (Phi) is 6.14. The van der Waals surface area contributed by atoms with Crippen molar-refractivity contribution in [2.24, 2.45) is 45.3 Å². The molecule has 36 heavy (non-hydrogen) atoms. The molecule has 0 aromatic rings. The second kappa shape index (κ2) is 8.20. The minimum Gasteiger partial charge on any atom is -0.462 e. The van der Waals surface area contributed by atoms with Crippen LogP contribution in [0.25, 0.3) is 0 Å². The van der Waals surface area contributed by atoms with Gasteiger partial charge >= 0.3 is 5.97 Å². The van der Waals surface area contributed by atoms with E-state index in [-0.39, 0.29) is 29.2 Å². The molecule has 5 fully saturated rings. The van der Waals surface area contributed by atoms with Gasteiger partial charge < -0.3 is 14.6 Å². The van der Waals surface area contributed by atoms with Crippen molar-refractivity contribution < 1.29 is 19.4 Å². The van der Waals surface area contributed by atoms with E-state index in [4.69, 9.17) is 9.47 Å². The van der Waals surface area contributed by atoms with Crippen molar-refractivity contribution in [1.29, 1.82) is 0 Å². The van der Waals surface area contributed by atoms with Crippen molar-refractivity contribution in [3.8, 4) is 0 Å². The first-order valence-corrected chi connectivity index (χ1v) is 15.1. The molecule has 4 aliphatic carbocycles. The maximum absolute atomic E-state index is 11.9. The number of aliphatic hydroxyl groups is 1. The standard InChI is InChI=1S/C32H54O4/c1-20(33)35-25-14-16-29(6)23(27(25,2)3)13-18-31(8)24(29)11-10-21-22(12-17-30(21,31)7)32(9)19-15-26(36-32)28(4,5)34/h21-26,34H,10-19H2,1-9H3/t21-,22-,23-,24+,25?,26?,29+,30-,31-,32+/m1/s1. The van der Waals surface area contributed by atoms with Gasteiger partial charge in [-0.1, -0.05) is 34.6 Å². The molecule has 4 nitrogen and oxygen atoms in total. The normalized spacial score (nSPS) is 52.3. The SMILES string of the molecule is CC(=O)OC1CC[C@@]2(C)[C@H](CC[C@]3(C)[C@H]2CC[C@@H]2[C@H]([C@]4(C)CCC(C(C)(C)O)O4)CC[C@]23C)C1(C)C. The molecule has 10 atom stereocenters. The van der Waals surface area contributed by atoms with Crippen molar-refractivity contribution in [2.75, 3.05) is 0 Å². The van der Waals surface area contributed by atoms with E-state index in [0.717, 1.165) is 25.2 Å². The summed E-state index contributed by atoms with van der Waals surface area (Å²) in [7, 11) is 0.